The van der Waals surface area contributed by atoms with E-state index in [4.69, 9.17) is 0 Å². The number of amides is 1. The first-order valence-electron chi connectivity index (χ1n) is 8.29. The first kappa shape index (κ1) is 17.9. The first-order valence-corrected chi connectivity index (χ1v) is 10.6. The highest BCUT2D eigenvalue weighted by molar-refractivity contribution is 7.94. The average molecular weight is 379 g/mol. The fourth-order valence-corrected chi connectivity index (χ4v) is 4.77. The lowest BCUT2D eigenvalue weighted by Crippen LogP contribution is -2.36. The molecule has 1 amide bonds. The molecule has 0 unspecified atom stereocenters. The van der Waals surface area contributed by atoms with Crippen LogP contribution in [-0.4, -0.2) is 20.9 Å². The number of hydrogen-bond acceptors (Lipinski definition) is 4. The van der Waals surface area contributed by atoms with Gasteiger partial charge in [0.15, 0.2) is 0 Å². The molecular weight excluding hydrogens is 356 g/mol. The van der Waals surface area contributed by atoms with Crippen LogP contribution in [0.1, 0.15) is 32.3 Å². The van der Waals surface area contributed by atoms with Gasteiger partial charge >= 0.3 is 0 Å². The van der Waals surface area contributed by atoms with Crippen LogP contribution in [0.5, 0.6) is 0 Å². The van der Waals surface area contributed by atoms with Crippen LogP contribution in [-0.2, 0) is 20.2 Å². The van der Waals surface area contributed by atoms with Crippen molar-refractivity contribution in [3.05, 3.63) is 47.3 Å². The molecule has 0 bridgehead atoms. The lowest BCUT2D eigenvalue weighted by atomic mass is 9.94. The number of sulfonamides is 1. The predicted molar refractivity (Wildman–Crippen MR) is 100 cm³/mol. The second-order valence-electron chi connectivity index (χ2n) is 6.80. The molecule has 0 aliphatic heterocycles. The van der Waals surface area contributed by atoms with Gasteiger partial charge in [-0.25, -0.2) is 8.42 Å². The van der Waals surface area contributed by atoms with Crippen molar-refractivity contribution in [2.45, 2.75) is 36.3 Å². The van der Waals surface area contributed by atoms with E-state index >= 15 is 0 Å². The van der Waals surface area contributed by atoms with Crippen molar-refractivity contribution >= 4 is 33.0 Å². The fourth-order valence-electron chi connectivity index (χ4n) is 2.72. The van der Waals surface area contributed by atoms with Gasteiger partial charge in [-0.1, -0.05) is 32.0 Å². The summed E-state index contributed by atoms with van der Waals surface area (Å²) in [6.07, 6.45) is 1.66. The van der Waals surface area contributed by atoms with Crippen LogP contribution in [0.2, 0.25) is 0 Å². The Hall–Kier alpha value is -1.86. The van der Waals surface area contributed by atoms with Crippen LogP contribution in [0, 0.1) is 5.92 Å². The van der Waals surface area contributed by atoms with Gasteiger partial charge in [-0.2, -0.15) is 0 Å². The van der Waals surface area contributed by atoms with E-state index in [1.807, 2.05) is 12.1 Å². The number of carbonyl (C=O) groups excluding carboxylic acids is 1. The molecule has 1 aromatic carbocycles. The van der Waals surface area contributed by atoms with E-state index in [0.717, 1.165) is 18.4 Å². The first-order chi connectivity index (χ1) is 11.8. The number of thiophene rings is 1. The normalized spacial score (nSPS) is 15.8. The quantitative estimate of drug-likeness (QED) is 0.776. The smallest absolute Gasteiger partial charge is 0.271 e. The molecule has 0 saturated heterocycles. The Bertz CT molecular complexity index is 837. The van der Waals surface area contributed by atoms with Gasteiger partial charge in [0.05, 0.1) is 5.41 Å². The minimum atomic E-state index is -3.55. The van der Waals surface area contributed by atoms with E-state index in [2.05, 4.69) is 23.9 Å². The topological polar surface area (TPSA) is 75.3 Å². The molecule has 3 rings (SSSR count). The van der Waals surface area contributed by atoms with Gasteiger partial charge in [0, 0.05) is 12.2 Å². The highest BCUT2D eigenvalue weighted by Crippen LogP contribution is 2.48. The number of hydrogen-bond donors (Lipinski definition) is 2. The number of carbonyl (C=O) groups is 1. The minimum Gasteiger partial charge on any atom is -0.355 e. The Labute approximate surface area is 152 Å². The lowest BCUT2D eigenvalue weighted by Gasteiger charge is -2.17. The molecule has 1 fully saturated rings. The highest BCUT2D eigenvalue weighted by atomic mass is 32.2. The third-order valence-corrected chi connectivity index (χ3v) is 7.08. The van der Waals surface area contributed by atoms with Crippen molar-refractivity contribution in [1.82, 2.24) is 5.32 Å². The standard InChI is InChI=1S/C18H22N2O3S2/c1-13(2)12-19-17(21)18(9-10-18)14-5-7-15(8-6-14)20-25(22,23)16-4-3-11-24-16/h3-8,11,13,20H,9-10,12H2,1-2H3,(H,19,21). The summed E-state index contributed by atoms with van der Waals surface area (Å²) in [5.41, 5.74) is 0.989. The fraction of sp³-hybridized carbons (Fsp3) is 0.389. The number of nitrogens with one attached hydrogen (secondary N) is 2. The zero-order valence-corrected chi connectivity index (χ0v) is 15.9. The van der Waals surface area contributed by atoms with Crippen molar-refractivity contribution in [2.24, 2.45) is 5.92 Å². The molecule has 1 aliphatic carbocycles. The summed E-state index contributed by atoms with van der Waals surface area (Å²) in [7, 11) is -3.55. The zero-order valence-electron chi connectivity index (χ0n) is 14.3. The van der Waals surface area contributed by atoms with Crippen LogP contribution in [0.15, 0.2) is 46.0 Å². The molecular formula is C18H22N2O3S2. The maximum Gasteiger partial charge on any atom is 0.271 e. The van der Waals surface area contributed by atoms with E-state index < -0.39 is 15.4 Å². The molecule has 7 heteroatoms. The molecule has 2 aromatic rings. The molecule has 2 N–H and O–H groups in total. The molecule has 0 spiro atoms. The second kappa shape index (κ2) is 6.80. The predicted octanol–water partition coefficient (Wildman–Crippen LogP) is 3.35. The van der Waals surface area contributed by atoms with E-state index in [0.29, 0.717) is 18.2 Å². The van der Waals surface area contributed by atoms with E-state index in [-0.39, 0.29) is 10.1 Å². The summed E-state index contributed by atoms with van der Waals surface area (Å²) >= 11 is 1.17. The molecule has 0 radical (unpaired) electrons. The Morgan fingerprint density at radius 3 is 2.40 bits per heavy atom. The molecule has 25 heavy (non-hydrogen) atoms. The summed E-state index contributed by atoms with van der Waals surface area (Å²) in [6.45, 7) is 4.79. The van der Waals surface area contributed by atoms with E-state index in [9.17, 15) is 13.2 Å². The Balaban J connectivity index is 1.71. The highest BCUT2D eigenvalue weighted by Gasteiger charge is 2.51. The van der Waals surface area contributed by atoms with Gasteiger partial charge in [-0.15, -0.1) is 11.3 Å². The maximum atomic E-state index is 12.5. The number of anilines is 1. The third-order valence-electron chi connectivity index (χ3n) is 4.31. The van der Waals surface area contributed by atoms with Gasteiger partial charge in [0.1, 0.15) is 4.21 Å². The van der Waals surface area contributed by atoms with Crippen molar-refractivity contribution in [3.8, 4) is 0 Å². The lowest BCUT2D eigenvalue weighted by molar-refractivity contribution is -0.123. The summed E-state index contributed by atoms with van der Waals surface area (Å²) in [5.74, 6) is 0.474. The van der Waals surface area contributed by atoms with Crippen LogP contribution < -0.4 is 10.0 Å². The Morgan fingerprint density at radius 2 is 1.88 bits per heavy atom. The number of rotatable bonds is 7. The minimum absolute atomic E-state index is 0.0631. The Kier molecular flexibility index (Phi) is 4.88. The molecule has 1 aromatic heterocycles. The monoisotopic (exact) mass is 378 g/mol. The van der Waals surface area contributed by atoms with Crippen molar-refractivity contribution in [3.63, 3.8) is 0 Å². The second-order valence-corrected chi connectivity index (χ2v) is 9.66. The van der Waals surface area contributed by atoms with Gasteiger partial charge < -0.3 is 5.32 Å². The van der Waals surface area contributed by atoms with Gasteiger partial charge in [-0.3, -0.25) is 9.52 Å². The zero-order chi connectivity index (χ0) is 18.1. The van der Waals surface area contributed by atoms with Crippen LogP contribution in [0.4, 0.5) is 5.69 Å². The largest absolute Gasteiger partial charge is 0.355 e. The summed E-state index contributed by atoms with van der Waals surface area (Å²) in [4.78, 5) is 12.5. The summed E-state index contributed by atoms with van der Waals surface area (Å²) < 4.78 is 27.4. The molecule has 134 valence electrons. The van der Waals surface area contributed by atoms with Crippen LogP contribution >= 0.6 is 11.3 Å². The van der Waals surface area contributed by atoms with Crippen molar-refractivity contribution < 1.29 is 13.2 Å². The molecule has 1 heterocycles. The van der Waals surface area contributed by atoms with E-state index in [1.54, 1.807) is 29.6 Å². The van der Waals surface area contributed by atoms with Crippen molar-refractivity contribution in [2.75, 3.05) is 11.3 Å². The Morgan fingerprint density at radius 1 is 1.20 bits per heavy atom. The van der Waals surface area contributed by atoms with Crippen molar-refractivity contribution in [1.29, 1.82) is 0 Å². The number of benzene rings is 1. The van der Waals surface area contributed by atoms with Gasteiger partial charge in [-0.05, 0) is 47.9 Å². The molecule has 1 aliphatic rings. The van der Waals surface area contributed by atoms with Gasteiger partial charge in [0.25, 0.3) is 10.0 Å². The third kappa shape index (κ3) is 3.88. The van der Waals surface area contributed by atoms with Crippen LogP contribution in [0.25, 0.3) is 0 Å². The van der Waals surface area contributed by atoms with Crippen LogP contribution in [0.3, 0.4) is 0 Å². The molecule has 0 atom stereocenters. The average Bonchev–Trinajstić information content (AvgIpc) is 3.17. The summed E-state index contributed by atoms with van der Waals surface area (Å²) in [5, 5.41) is 4.73. The SMILES string of the molecule is CC(C)CNC(=O)C1(c2ccc(NS(=O)(=O)c3cccs3)cc2)CC1. The molecule has 5 nitrogen and oxygen atoms in total. The molecule has 1 saturated carbocycles. The summed E-state index contributed by atoms with van der Waals surface area (Å²) in [6, 6.07) is 10.4. The van der Waals surface area contributed by atoms with E-state index in [1.165, 1.54) is 11.3 Å². The van der Waals surface area contributed by atoms with Gasteiger partial charge in [0.2, 0.25) is 5.91 Å². The maximum absolute atomic E-state index is 12.5.